The summed E-state index contributed by atoms with van der Waals surface area (Å²) in [7, 11) is 0. The van der Waals surface area contributed by atoms with E-state index in [1.54, 1.807) is 0 Å². The van der Waals surface area contributed by atoms with Crippen LogP contribution in [0.3, 0.4) is 0 Å². The quantitative estimate of drug-likeness (QED) is 0.768. The predicted octanol–water partition coefficient (Wildman–Crippen LogP) is 3.50. The van der Waals surface area contributed by atoms with Crippen LogP contribution in [0.2, 0.25) is 0 Å². The van der Waals surface area contributed by atoms with Gasteiger partial charge < -0.3 is 10.3 Å². The van der Waals surface area contributed by atoms with Crippen molar-refractivity contribution in [3.63, 3.8) is 0 Å². The van der Waals surface area contributed by atoms with Gasteiger partial charge in [-0.1, -0.05) is 48.0 Å². The number of nitrogens with two attached hydrogens (primary N) is 1. The molecule has 0 aliphatic carbocycles. The molecule has 1 heterocycles. The zero-order chi connectivity index (χ0) is 13.9. The van der Waals surface area contributed by atoms with Crippen molar-refractivity contribution >= 4 is 10.9 Å². The minimum atomic E-state index is 0.689. The number of hydrogen-bond donors (Lipinski definition) is 1. The van der Waals surface area contributed by atoms with E-state index in [4.69, 9.17) is 5.73 Å². The van der Waals surface area contributed by atoms with Crippen molar-refractivity contribution < 1.29 is 0 Å². The molecule has 0 amide bonds. The fourth-order valence-corrected chi connectivity index (χ4v) is 2.84. The average Bonchev–Trinajstić information content (AvgIpc) is 2.84. The molecular formula is C18H20N2. The molecule has 20 heavy (non-hydrogen) atoms. The SMILES string of the molecule is Cc1cccc(Cn2ccc3cccc(CCN)c32)c1. The monoisotopic (exact) mass is 264 g/mol. The van der Waals surface area contributed by atoms with E-state index in [1.165, 1.54) is 27.6 Å². The lowest BCUT2D eigenvalue weighted by atomic mass is 10.1. The first-order chi connectivity index (χ1) is 9.78. The lowest BCUT2D eigenvalue weighted by Crippen LogP contribution is -2.06. The van der Waals surface area contributed by atoms with Crippen LogP contribution in [0.5, 0.6) is 0 Å². The van der Waals surface area contributed by atoms with Gasteiger partial charge in [-0.3, -0.25) is 0 Å². The van der Waals surface area contributed by atoms with E-state index in [2.05, 4.69) is 66.2 Å². The summed E-state index contributed by atoms with van der Waals surface area (Å²) in [6.45, 7) is 3.73. The van der Waals surface area contributed by atoms with Gasteiger partial charge in [0.2, 0.25) is 0 Å². The van der Waals surface area contributed by atoms with E-state index in [1.807, 2.05) is 0 Å². The van der Waals surface area contributed by atoms with E-state index in [0.717, 1.165) is 13.0 Å². The lowest BCUT2D eigenvalue weighted by molar-refractivity contribution is 0.827. The molecule has 2 aromatic carbocycles. The van der Waals surface area contributed by atoms with Crippen LogP contribution in [-0.2, 0) is 13.0 Å². The summed E-state index contributed by atoms with van der Waals surface area (Å²) in [5, 5.41) is 1.30. The van der Waals surface area contributed by atoms with E-state index >= 15 is 0 Å². The van der Waals surface area contributed by atoms with E-state index in [9.17, 15) is 0 Å². The zero-order valence-electron chi connectivity index (χ0n) is 11.8. The van der Waals surface area contributed by atoms with Crippen molar-refractivity contribution in [1.82, 2.24) is 4.57 Å². The summed E-state index contributed by atoms with van der Waals surface area (Å²) >= 11 is 0. The first kappa shape index (κ1) is 12.9. The molecule has 2 heteroatoms. The molecule has 3 aromatic rings. The third-order valence-electron chi connectivity index (χ3n) is 3.72. The molecule has 0 unspecified atom stereocenters. The van der Waals surface area contributed by atoms with Crippen molar-refractivity contribution in [2.24, 2.45) is 5.73 Å². The topological polar surface area (TPSA) is 30.9 Å². The molecule has 0 saturated carbocycles. The van der Waals surface area contributed by atoms with Gasteiger partial charge in [0.1, 0.15) is 0 Å². The fourth-order valence-electron chi connectivity index (χ4n) is 2.84. The van der Waals surface area contributed by atoms with Crippen LogP contribution in [-0.4, -0.2) is 11.1 Å². The lowest BCUT2D eigenvalue weighted by Gasteiger charge is -2.10. The number of rotatable bonds is 4. The molecule has 0 spiro atoms. The van der Waals surface area contributed by atoms with Gasteiger partial charge in [-0.25, -0.2) is 0 Å². The summed E-state index contributed by atoms with van der Waals surface area (Å²) in [6.07, 6.45) is 3.10. The van der Waals surface area contributed by atoms with Gasteiger partial charge in [0, 0.05) is 12.7 Å². The Labute approximate surface area is 119 Å². The maximum atomic E-state index is 5.73. The first-order valence-electron chi connectivity index (χ1n) is 7.10. The number of aromatic nitrogens is 1. The normalized spacial score (nSPS) is 11.1. The van der Waals surface area contributed by atoms with Gasteiger partial charge in [-0.15, -0.1) is 0 Å². The Hall–Kier alpha value is -2.06. The van der Waals surface area contributed by atoms with Crippen molar-refractivity contribution in [3.05, 3.63) is 71.4 Å². The Balaban J connectivity index is 2.03. The second-order valence-corrected chi connectivity index (χ2v) is 5.33. The Kier molecular flexibility index (Phi) is 3.57. The number of fused-ring (bicyclic) bond motifs is 1. The summed E-state index contributed by atoms with van der Waals surface area (Å²) in [5.41, 5.74) is 11.0. The Morgan fingerprint density at radius 1 is 1.05 bits per heavy atom. The summed E-state index contributed by atoms with van der Waals surface area (Å²) in [4.78, 5) is 0. The highest BCUT2D eigenvalue weighted by Crippen LogP contribution is 2.22. The van der Waals surface area contributed by atoms with Gasteiger partial charge >= 0.3 is 0 Å². The maximum Gasteiger partial charge on any atom is 0.0516 e. The van der Waals surface area contributed by atoms with Crippen LogP contribution < -0.4 is 5.73 Å². The molecule has 0 aliphatic heterocycles. The number of para-hydroxylation sites is 1. The largest absolute Gasteiger partial charge is 0.343 e. The van der Waals surface area contributed by atoms with E-state index < -0.39 is 0 Å². The molecule has 3 rings (SSSR count). The molecule has 0 radical (unpaired) electrons. The molecular weight excluding hydrogens is 244 g/mol. The average molecular weight is 264 g/mol. The molecule has 0 aliphatic rings. The molecule has 0 bridgehead atoms. The Morgan fingerprint density at radius 2 is 1.90 bits per heavy atom. The standard InChI is InChI=1S/C18H20N2/c1-14-4-2-5-15(12-14)13-20-11-9-17-7-3-6-16(8-10-19)18(17)20/h2-7,9,11-12H,8,10,13,19H2,1H3. The predicted molar refractivity (Wildman–Crippen MR) is 85.0 cm³/mol. The van der Waals surface area contributed by atoms with Crippen molar-refractivity contribution in [3.8, 4) is 0 Å². The highest BCUT2D eigenvalue weighted by atomic mass is 15.0. The van der Waals surface area contributed by atoms with Gasteiger partial charge in [0.05, 0.1) is 5.52 Å². The molecule has 0 saturated heterocycles. The minimum absolute atomic E-state index is 0.689. The van der Waals surface area contributed by atoms with Crippen LogP contribution in [0.1, 0.15) is 16.7 Å². The molecule has 0 fully saturated rings. The molecule has 2 N–H and O–H groups in total. The van der Waals surface area contributed by atoms with Gasteiger partial charge in [0.25, 0.3) is 0 Å². The molecule has 1 aromatic heterocycles. The minimum Gasteiger partial charge on any atom is -0.343 e. The van der Waals surface area contributed by atoms with Crippen LogP contribution >= 0.6 is 0 Å². The van der Waals surface area contributed by atoms with E-state index in [0.29, 0.717) is 6.54 Å². The number of nitrogens with zero attached hydrogens (tertiary/aromatic N) is 1. The Bertz CT molecular complexity index is 725. The second kappa shape index (κ2) is 5.51. The van der Waals surface area contributed by atoms with Crippen molar-refractivity contribution in [2.75, 3.05) is 6.54 Å². The number of aryl methyl sites for hydroxylation is 1. The highest BCUT2D eigenvalue weighted by Gasteiger charge is 2.06. The molecule has 102 valence electrons. The van der Waals surface area contributed by atoms with Gasteiger partial charge in [-0.2, -0.15) is 0 Å². The van der Waals surface area contributed by atoms with Crippen LogP contribution in [0.4, 0.5) is 0 Å². The van der Waals surface area contributed by atoms with Crippen LogP contribution in [0.25, 0.3) is 10.9 Å². The van der Waals surface area contributed by atoms with Gasteiger partial charge in [-0.05, 0) is 42.5 Å². The highest BCUT2D eigenvalue weighted by molar-refractivity contribution is 5.83. The maximum absolute atomic E-state index is 5.73. The third kappa shape index (κ3) is 2.47. The summed E-state index contributed by atoms with van der Waals surface area (Å²) in [6, 6.07) is 17.3. The van der Waals surface area contributed by atoms with Crippen molar-refractivity contribution in [1.29, 1.82) is 0 Å². The Morgan fingerprint density at radius 3 is 2.70 bits per heavy atom. The van der Waals surface area contributed by atoms with Crippen LogP contribution in [0, 0.1) is 6.92 Å². The third-order valence-corrected chi connectivity index (χ3v) is 3.72. The van der Waals surface area contributed by atoms with Crippen molar-refractivity contribution in [2.45, 2.75) is 19.9 Å². The first-order valence-corrected chi connectivity index (χ1v) is 7.10. The van der Waals surface area contributed by atoms with E-state index in [-0.39, 0.29) is 0 Å². The smallest absolute Gasteiger partial charge is 0.0516 e. The number of hydrogen-bond acceptors (Lipinski definition) is 1. The molecule has 2 nitrogen and oxygen atoms in total. The number of benzene rings is 2. The summed E-state index contributed by atoms with van der Waals surface area (Å²) < 4.78 is 2.33. The zero-order valence-corrected chi connectivity index (χ0v) is 11.8. The van der Waals surface area contributed by atoms with Crippen LogP contribution in [0.15, 0.2) is 54.7 Å². The molecule has 0 atom stereocenters. The fraction of sp³-hybridized carbons (Fsp3) is 0.222. The van der Waals surface area contributed by atoms with Gasteiger partial charge in [0.15, 0.2) is 0 Å². The second-order valence-electron chi connectivity index (χ2n) is 5.33. The summed E-state index contributed by atoms with van der Waals surface area (Å²) in [5.74, 6) is 0.